The van der Waals surface area contributed by atoms with Crippen LogP contribution in [0.2, 0.25) is 0 Å². The quantitative estimate of drug-likeness (QED) is 0.721. The van der Waals surface area contributed by atoms with E-state index in [-0.39, 0.29) is 0 Å². The first-order chi connectivity index (χ1) is 8.24. The van der Waals surface area contributed by atoms with Crippen LogP contribution in [0.15, 0.2) is 0 Å². The summed E-state index contributed by atoms with van der Waals surface area (Å²) in [7, 11) is 0. The van der Waals surface area contributed by atoms with Crippen LogP contribution < -0.4 is 5.73 Å². The zero-order valence-electron chi connectivity index (χ0n) is 12.1. The molecule has 0 aromatic carbocycles. The van der Waals surface area contributed by atoms with Crippen molar-refractivity contribution in [1.82, 2.24) is 4.90 Å². The van der Waals surface area contributed by atoms with Crippen LogP contribution in [0, 0.1) is 5.92 Å². The molecule has 0 aliphatic heterocycles. The lowest BCUT2D eigenvalue weighted by Gasteiger charge is -2.39. The van der Waals surface area contributed by atoms with Gasteiger partial charge < -0.3 is 5.73 Å². The minimum Gasteiger partial charge on any atom is -0.329 e. The van der Waals surface area contributed by atoms with E-state index in [1.165, 1.54) is 44.9 Å². The molecule has 0 radical (unpaired) electrons. The fraction of sp³-hybridized carbons (Fsp3) is 1.00. The van der Waals surface area contributed by atoms with Gasteiger partial charge in [0.2, 0.25) is 0 Å². The van der Waals surface area contributed by atoms with E-state index in [0.29, 0.717) is 12.1 Å². The van der Waals surface area contributed by atoms with Gasteiger partial charge in [-0.3, -0.25) is 4.90 Å². The Labute approximate surface area is 108 Å². The minimum atomic E-state index is 0.619. The predicted octanol–water partition coefficient (Wildman–Crippen LogP) is 3.40. The number of rotatable bonds is 6. The summed E-state index contributed by atoms with van der Waals surface area (Å²) < 4.78 is 0. The number of nitrogens with zero attached hydrogens (tertiary/aromatic N) is 1. The molecule has 0 spiro atoms. The molecule has 1 fully saturated rings. The molecule has 1 rings (SSSR count). The van der Waals surface area contributed by atoms with Crippen molar-refractivity contribution < 1.29 is 0 Å². The number of likely N-dealkylation sites (N-methyl/N-ethyl adjacent to an activating group) is 1. The zero-order chi connectivity index (χ0) is 12.7. The van der Waals surface area contributed by atoms with E-state index in [4.69, 9.17) is 5.73 Å². The highest BCUT2D eigenvalue weighted by Crippen LogP contribution is 2.28. The van der Waals surface area contributed by atoms with E-state index in [1.54, 1.807) is 0 Å². The smallest absolute Gasteiger partial charge is 0.0249 e. The molecule has 1 aliphatic carbocycles. The Bertz CT molecular complexity index is 185. The third-order valence-corrected chi connectivity index (χ3v) is 4.63. The molecule has 0 amide bonds. The highest BCUT2D eigenvalue weighted by Gasteiger charge is 2.28. The van der Waals surface area contributed by atoms with Gasteiger partial charge in [-0.1, -0.05) is 39.5 Å². The van der Waals surface area contributed by atoms with Crippen molar-refractivity contribution in [1.29, 1.82) is 0 Å². The first-order valence-electron chi connectivity index (χ1n) is 7.70. The summed E-state index contributed by atoms with van der Waals surface area (Å²) in [6, 6.07) is 1.30. The lowest BCUT2D eigenvalue weighted by atomic mass is 9.89. The van der Waals surface area contributed by atoms with E-state index in [1.807, 2.05) is 0 Å². The minimum absolute atomic E-state index is 0.619. The molecule has 0 aromatic heterocycles. The molecule has 102 valence electrons. The summed E-state index contributed by atoms with van der Waals surface area (Å²) in [5.41, 5.74) is 6.08. The van der Waals surface area contributed by atoms with Crippen LogP contribution in [0.5, 0.6) is 0 Å². The van der Waals surface area contributed by atoms with Gasteiger partial charge in [0.1, 0.15) is 0 Å². The van der Waals surface area contributed by atoms with Crippen LogP contribution in [0.25, 0.3) is 0 Å². The number of nitrogens with two attached hydrogens (primary N) is 1. The topological polar surface area (TPSA) is 29.3 Å². The van der Waals surface area contributed by atoms with Crippen molar-refractivity contribution in [3.63, 3.8) is 0 Å². The summed E-state index contributed by atoms with van der Waals surface area (Å²) in [6.07, 6.45) is 9.73. The summed E-state index contributed by atoms with van der Waals surface area (Å²) in [6.45, 7) is 8.90. The maximum absolute atomic E-state index is 6.08. The summed E-state index contributed by atoms with van der Waals surface area (Å²) in [5.74, 6) is 0.844. The first-order valence-corrected chi connectivity index (χ1v) is 7.70. The van der Waals surface area contributed by atoms with E-state index in [2.05, 4.69) is 25.7 Å². The second-order valence-corrected chi connectivity index (χ2v) is 5.64. The first kappa shape index (κ1) is 15.0. The van der Waals surface area contributed by atoms with Crippen molar-refractivity contribution in [2.45, 2.75) is 77.8 Å². The van der Waals surface area contributed by atoms with Crippen LogP contribution >= 0.6 is 0 Å². The van der Waals surface area contributed by atoms with Crippen LogP contribution in [-0.2, 0) is 0 Å². The van der Waals surface area contributed by atoms with E-state index in [9.17, 15) is 0 Å². The SMILES string of the molecule is CCC(C)N(CC)C(CN)C1CCCCCC1. The van der Waals surface area contributed by atoms with Crippen molar-refractivity contribution in [3.05, 3.63) is 0 Å². The molecule has 17 heavy (non-hydrogen) atoms. The maximum atomic E-state index is 6.08. The molecule has 2 unspecified atom stereocenters. The molecule has 2 N–H and O–H groups in total. The lowest BCUT2D eigenvalue weighted by molar-refractivity contribution is 0.0995. The summed E-state index contributed by atoms with van der Waals surface area (Å²) in [4.78, 5) is 2.65. The van der Waals surface area contributed by atoms with Crippen LogP contribution in [0.4, 0.5) is 0 Å². The Balaban J connectivity index is 2.65. The lowest BCUT2D eigenvalue weighted by Crippen LogP contribution is -2.49. The van der Waals surface area contributed by atoms with Crippen LogP contribution in [0.1, 0.15) is 65.7 Å². The Morgan fingerprint density at radius 1 is 1.12 bits per heavy atom. The maximum Gasteiger partial charge on any atom is 0.0249 e. The van der Waals surface area contributed by atoms with Gasteiger partial charge >= 0.3 is 0 Å². The van der Waals surface area contributed by atoms with E-state index >= 15 is 0 Å². The third kappa shape index (κ3) is 4.26. The average molecular weight is 240 g/mol. The Morgan fingerprint density at radius 3 is 2.12 bits per heavy atom. The molecule has 0 aromatic rings. The van der Waals surface area contributed by atoms with Gasteiger partial charge in [0, 0.05) is 18.6 Å². The van der Waals surface area contributed by atoms with Crippen molar-refractivity contribution >= 4 is 0 Å². The zero-order valence-corrected chi connectivity index (χ0v) is 12.1. The van der Waals surface area contributed by atoms with Gasteiger partial charge in [0.05, 0.1) is 0 Å². The van der Waals surface area contributed by atoms with Crippen molar-refractivity contribution in [2.75, 3.05) is 13.1 Å². The highest BCUT2D eigenvalue weighted by molar-refractivity contribution is 4.83. The predicted molar refractivity (Wildman–Crippen MR) is 76.2 cm³/mol. The molecule has 2 heteroatoms. The Kier molecular flexibility index (Phi) is 7.14. The average Bonchev–Trinajstić information content (AvgIpc) is 2.63. The van der Waals surface area contributed by atoms with Gasteiger partial charge in [-0.25, -0.2) is 0 Å². The van der Waals surface area contributed by atoms with E-state index in [0.717, 1.165) is 19.0 Å². The van der Waals surface area contributed by atoms with Gasteiger partial charge in [-0.15, -0.1) is 0 Å². The standard InChI is InChI=1S/C15H32N2/c1-4-13(3)17(5-2)15(12-16)14-10-8-6-7-9-11-14/h13-15H,4-12,16H2,1-3H3. The largest absolute Gasteiger partial charge is 0.329 e. The second kappa shape index (κ2) is 8.10. The van der Waals surface area contributed by atoms with Gasteiger partial charge in [-0.2, -0.15) is 0 Å². The van der Waals surface area contributed by atoms with Crippen molar-refractivity contribution in [3.8, 4) is 0 Å². The monoisotopic (exact) mass is 240 g/mol. The normalized spacial score (nSPS) is 22.4. The molecule has 0 heterocycles. The van der Waals surface area contributed by atoms with Crippen molar-refractivity contribution in [2.24, 2.45) is 11.7 Å². The van der Waals surface area contributed by atoms with E-state index < -0.39 is 0 Å². The molecule has 2 nitrogen and oxygen atoms in total. The Morgan fingerprint density at radius 2 is 1.71 bits per heavy atom. The molecule has 1 saturated carbocycles. The second-order valence-electron chi connectivity index (χ2n) is 5.64. The summed E-state index contributed by atoms with van der Waals surface area (Å²) >= 11 is 0. The molecular formula is C15H32N2. The van der Waals surface area contributed by atoms with Crippen LogP contribution in [-0.4, -0.2) is 30.1 Å². The fourth-order valence-corrected chi connectivity index (χ4v) is 3.40. The Hall–Kier alpha value is -0.0800. The van der Waals surface area contributed by atoms with Gasteiger partial charge in [-0.05, 0) is 38.6 Å². The highest BCUT2D eigenvalue weighted by atomic mass is 15.2. The molecule has 2 atom stereocenters. The molecule has 0 saturated heterocycles. The third-order valence-electron chi connectivity index (χ3n) is 4.63. The molecule has 1 aliphatic rings. The summed E-state index contributed by atoms with van der Waals surface area (Å²) in [5, 5.41) is 0. The van der Waals surface area contributed by atoms with Crippen LogP contribution in [0.3, 0.4) is 0 Å². The number of hydrogen-bond donors (Lipinski definition) is 1. The van der Waals surface area contributed by atoms with Gasteiger partial charge in [0.25, 0.3) is 0 Å². The molecular weight excluding hydrogens is 208 g/mol. The van der Waals surface area contributed by atoms with Gasteiger partial charge in [0.15, 0.2) is 0 Å². The fourth-order valence-electron chi connectivity index (χ4n) is 3.40. The number of hydrogen-bond acceptors (Lipinski definition) is 2. The molecule has 0 bridgehead atoms.